The normalized spacial score (nSPS) is 14.7. The number of carbonyl (C=O) groups excluding carboxylic acids is 1. The fourth-order valence-corrected chi connectivity index (χ4v) is 4.01. The first-order chi connectivity index (χ1) is 19.0. The molecule has 4 aromatic rings. The molecule has 3 aromatic carbocycles. The highest BCUT2D eigenvalue weighted by Gasteiger charge is 2.21. The SMILES string of the molecule is N#Cc1ccc(/C=N/NC(=O)Nc2cc3c(Nc4ccc(F)c(Cl)c4)ncnc3cc2OC2CCOC2)cc1. The zero-order chi connectivity index (χ0) is 27.2. The maximum absolute atomic E-state index is 13.6. The minimum atomic E-state index is -0.608. The van der Waals surface area contributed by atoms with E-state index in [1.807, 2.05) is 6.07 Å². The summed E-state index contributed by atoms with van der Waals surface area (Å²) in [6, 6.07) is 15.8. The van der Waals surface area contributed by atoms with Gasteiger partial charge in [-0.3, -0.25) is 0 Å². The number of amides is 2. The van der Waals surface area contributed by atoms with Crippen molar-refractivity contribution < 1.29 is 18.7 Å². The van der Waals surface area contributed by atoms with Crippen molar-refractivity contribution in [2.24, 2.45) is 5.10 Å². The van der Waals surface area contributed by atoms with Gasteiger partial charge in [0.2, 0.25) is 0 Å². The average molecular weight is 546 g/mol. The van der Waals surface area contributed by atoms with Crippen LogP contribution in [0.25, 0.3) is 10.9 Å². The number of nitrogens with one attached hydrogen (secondary N) is 3. The lowest BCUT2D eigenvalue weighted by atomic mass is 10.1. The number of nitrogens with zero attached hydrogens (tertiary/aromatic N) is 4. The second kappa shape index (κ2) is 11.7. The van der Waals surface area contributed by atoms with E-state index in [9.17, 15) is 9.18 Å². The molecule has 0 spiro atoms. The average Bonchev–Trinajstić information content (AvgIpc) is 3.45. The van der Waals surface area contributed by atoms with Gasteiger partial charge in [-0.2, -0.15) is 10.4 Å². The van der Waals surface area contributed by atoms with Crippen molar-refractivity contribution in [1.29, 1.82) is 5.26 Å². The van der Waals surface area contributed by atoms with Crippen LogP contribution in [0, 0.1) is 17.1 Å². The van der Waals surface area contributed by atoms with Crippen LogP contribution in [-0.2, 0) is 4.74 Å². The minimum Gasteiger partial charge on any atom is -0.486 e. The van der Waals surface area contributed by atoms with E-state index in [1.54, 1.807) is 36.4 Å². The fourth-order valence-electron chi connectivity index (χ4n) is 3.83. The molecule has 2 heterocycles. The second-order valence-electron chi connectivity index (χ2n) is 8.50. The number of fused-ring (bicyclic) bond motifs is 1. The Kier molecular flexibility index (Phi) is 7.77. The molecule has 196 valence electrons. The van der Waals surface area contributed by atoms with E-state index in [2.05, 4.69) is 31.1 Å². The highest BCUT2D eigenvalue weighted by Crippen LogP contribution is 2.35. The Hall–Kier alpha value is -4.79. The van der Waals surface area contributed by atoms with Crippen molar-refractivity contribution in [3.8, 4) is 11.8 Å². The van der Waals surface area contributed by atoms with Crippen molar-refractivity contribution in [1.82, 2.24) is 15.4 Å². The summed E-state index contributed by atoms with van der Waals surface area (Å²) in [5.41, 5.74) is 5.08. The molecule has 1 saturated heterocycles. The molecular weight excluding hydrogens is 525 g/mol. The van der Waals surface area contributed by atoms with Crippen molar-refractivity contribution in [3.63, 3.8) is 0 Å². The Morgan fingerprint density at radius 1 is 1.21 bits per heavy atom. The fraction of sp³-hybridized carbons (Fsp3) is 0.148. The summed E-state index contributed by atoms with van der Waals surface area (Å²) in [5.74, 6) is 0.284. The summed E-state index contributed by atoms with van der Waals surface area (Å²) < 4.78 is 25.2. The third-order valence-electron chi connectivity index (χ3n) is 5.77. The molecule has 2 amide bonds. The lowest BCUT2D eigenvalue weighted by Crippen LogP contribution is -2.25. The molecule has 1 atom stereocenters. The van der Waals surface area contributed by atoms with E-state index in [0.29, 0.717) is 64.6 Å². The van der Waals surface area contributed by atoms with E-state index in [1.165, 1.54) is 30.7 Å². The number of ether oxygens (including phenoxy) is 2. The molecule has 1 unspecified atom stereocenters. The molecule has 0 aliphatic carbocycles. The van der Waals surface area contributed by atoms with Crippen LogP contribution >= 0.6 is 11.6 Å². The van der Waals surface area contributed by atoms with Gasteiger partial charge < -0.3 is 20.1 Å². The number of rotatable bonds is 7. The molecule has 3 N–H and O–H groups in total. The van der Waals surface area contributed by atoms with Gasteiger partial charge in [0.05, 0.1) is 47.3 Å². The number of hydrazone groups is 1. The Labute approximate surface area is 227 Å². The maximum Gasteiger partial charge on any atom is 0.339 e. The summed E-state index contributed by atoms with van der Waals surface area (Å²) in [6.07, 6.45) is 3.37. The van der Waals surface area contributed by atoms with E-state index < -0.39 is 11.8 Å². The number of hydrogen-bond acceptors (Lipinski definition) is 8. The zero-order valence-corrected chi connectivity index (χ0v) is 21.1. The molecule has 1 fully saturated rings. The quantitative estimate of drug-likeness (QED) is 0.210. The monoisotopic (exact) mass is 545 g/mol. The summed E-state index contributed by atoms with van der Waals surface area (Å²) >= 11 is 5.92. The number of nitriles is 1. The van der Waals surface area contributed by atoms with Crippen LogP contribution < -0.4 is 20.8 Å². The first kappa shape index (κ1) is 25.8. The van der Waals surface area contributed by atoms with Crippen molar-refractivity contribution >= 4 is 51.9 Å². The van der Waals surface area contributed by atoms with Gasteiger partial charge >= 0.3 is 6.03 Å². The topological polar surface area (TPSA) is 134 Å². The summed E-state index contributed by atoms with van der Waals surface area (Å²) in [4.78, 5) is 21.4. The van der Waals surface area contributed by atoms with Gasteiger partial charge in [0.25, 0.3) is 0 Å². The Bertz CT molecular complexity index is 1590. The minimum absolute atomic E-state index is 0.0339. The summed E-state index contributed by atoms with van der Waals surface area (Å²) in [5, 5.41) is 19.3. The Morgan fingerprint density at radius 3 is 2.79 bits per heavy atom. The standard InChI is InChI=1S/C27H21ClFN7O3/c28-21-9-18(5-6-22(21)29)34-26-20-10-24(25(11-23(20)31-15-32-26)39-19-7-8-38-14-19)35-27(37)36-33-13-17-3-1-16(12-30)2-4-17/h1-6,9-11,13,15,19H,7-8,14H2,(H,31,32,34)(H2,35,36,37)/b33-13+. The molecule has 1 aliphatic rings. The van der Waals surface area contributed by atoms with Gasteiger partial charge in [0.15, 0.2) is 0 Å². The van der Waals surface area contributed by atoms with Crippen LogP contribution in [-0.4, -0.2) is 41.5 Å². The van der Waals surface area contributed by atoms with E-state index in [-0.39, 0.29) is 11.1 Å². The third kappa shape index (κ3) is 6.38. The molecule has 1 aromatic heterocycles. The number of urea groups is 1. The lowest BCUT2D eigenvalue weighted by molar-refractivity contribution is 0.142. The molecule has 10 nitrogen and oxygen atoms in total. The largest absolute Gasteiger partial charge is 0.486 e. The molecule has 0 radical (unpaired) electrons. The number of benzene rings is 3. The highest BCUT2D eigenvalue weighted by atomic mass is 35.5. The Morgan fingerprint density at radius 2 is 2.05 bits per heavy atom. The van der Waals surface area contributed by atoms with Crippen LogP contribution in [0.15, 0.2) is 66.0 Å². The van der Waals surface area contributed by atoms with Gasteiger partial charge in [-0.1, -0.05) is 23.7 Å². The summed E-state index contributed by atoms with van der Waals surface area (Å²) in [6.45, 7) is 1.02. The molecule has 5 rings (SSSR count). The van der Waals surface area contributed by atoms with E-state index in [4.69, 9.17) is 26.3 Å². The molecule has 0 bridgehead atoms. The lowest BCUT2D eigenvalue weighted by Gasteiger charge is -2.18. The van der Waals surface area contributed by atoms with Crippen molar-refractivity contribution in [2.45, 2.75) is 12.5 Å². The van der Waals surface area contributed by atoms with E-state index in [0.717, 1.165) is 0 Å². The zero-order valence-electron chi connectivity index (χ0n) is 20.3. The molecule has 1 aliphatic heterocycles. The summed E-state index contributed by atoms with van der Waals surface area (Å²) in [7, 11) is 0. The number of hydrogen-bond donors (Lipinski definition) is 3. The number of anilines is 3. The molecule has 0 saturated carbocycles. The van der Waals surface area contributed by atoms with Gasteiger partial charge in [-0.05, 0) is 42.0 Å². The van der Waals surface area contributed by atoms with Gasteiger partial charge in [0.1, 0.15) is 29.8 Å². The number of halogens is 2. The van der Waals surface area contributed by atoms with Crippen LogP contribution in [0.3, 0.4) is 0 Å². The smallest absolute Gasteiger partial charge is 0.339 e. The first-order valence-electron chi connectivity index (χ1n) is 11.8. The molecular formula is C27H21ClFN7O3. The van der Waals surface area contributed by atoms with Crippen molar-refractivity contribution in [3.05, 3.63) is 82.9 Å². The van der Waals surface area contributed by atoms with Gasteiger partial charge in [-0.15, -0.1) is 0 Å². The van der Waals surface area contributed by atoms with Crippen LogP contribution in [0.2, 0.25) is 5.02 Å². The predicted molar refractivity (Wildman–Crippen MR) is 145 cm³/mol. The number of aromatic nitrogens is 2. The highest BCUT2D eigenvalue weighted by molar-refractivity contribution is 6.31. The van der Waals surface area contributed by atoms with Crippen molar-refractivity contribution in [2.75, 3.05) is 23.8 Å². The first-order valence-corrected chi connectivity index (χ1v) is 12.2. The van der Waals surface area contributed by atoms with E-state index >= 15 is 0 Å². The van der Waals surface area contributed by atoms with Crippen LogP contribution in [0.1, 0.15) is 17.5 Å². The predicted octanol–water partition coefficient (Wildman–Crippen LogP) is 5.36. The van der Waals surface area contributed by atoms with Crippen LogP contribution in [0.5, 0.6) is 5.75 Å². The van der Waals surface area contributed by atoms with Gasteiger partial charge in [0, 0.05) is 23.6 Å². The molecule has 39 heavy (non-hydrogen) atoms. The second-order valence-corrected chi connectivity index (χ2v) is 8.91. The van der Waals surface area contributed by atoms with Crippen LogP contribution in [0.4, 0.5) is 26.4 Å². The Balaban J connectivity index is 1.40. The van der Waals surface area contributed by atoms with Gasteiger partial charge in [-0.25, -0.2) is 24.6 Å². The number of carbonyl (C=O) groups is 1. The third-order valence-corrected chi connectivity index (χ3v) is 6.06. The molecule has 12 heteroatoms. The maximum atomic E-state index is 13.6.